The minimum atomic E-state index is 0.460. The number of aromatic nitrogens is 1. The van der Waals surface area contributed by atoms with Crippen LogP contribution in [0.1, 0.15) is 42.3 Å². The van der Waals surface area contributed by atoms with Crippen LogP contribution in [0.3, 0.4) is 0 Å². The molecule has 2 N–H and O–H groups in total. The van der Waals surface area contributed by atoms with Gasteiger partial charge in [-0.1, -0.05) is 0 Å². The van der Waals surface area contributed by atoms with Crippen LogP contribution in [0.5, 0.6) is 0 Å². The molecule has 1 unspecified atom stereocenters. The molecule has 0 bridgehead atoms. The lowest BCUT2D eigenvalue weighted by atomic mass is 9.79. The molecule has 3 nitrogen and oxygen atoms in total. The fraction of sp³-hybridized carbons (Fsp3) is 0.786. The van der Waals surface area contributed by atoms with E-state index in [2.05, 4.69) is 17.3 Å². The van der Waals surface area contributed by atoms with Crippen molar-refractivity contribution in [3.63, 3.8) is 0 Å². The van der Waals surface area contributed by atoms with Crippen LogP contribution in [-0.2, 0) is 6.42 Å². The van der Waals surface area contributed by atoms with E-state index in [0.717, 1.165) is 12.3 Å². The van der Waals surface area contributed by atoms with Gasteiger partial charge in [-0.2, -0.15) is 0 Å². The average molecular weight is 265 g/mol. The summed E-state index contributed by atoms with van der Waals surface area (Å²) in [5, 5.41) is 3.62. The minimum Gasteiger partial charge on any atom is -0.328 e. The van der Waals surface area contributed by atoms with Gasteiger partial charge in [0, 0.05) is 30.3 Å². The first-order chi connectivity index (χ1) is 8.70. The second-order valence-corrected chi connectivity index (χ2v) is 7.01. The predicted molar refractivity (Wildman–Crippen MR) is 76.0 cm³/mol. The van der Waals surface area contributed by atoms with Gasteiger partial charge in [0.05, 0.1) is 10.7 Å². The highest BCUT2D eigenvalue weighted by Crippen LogP contribution is 2.32. The molecule has 2 heterocycles. The third-order valence-electron chi connectivity index (χ3n) is 4.35. The van der Waals surface area contributed by atoms with Crippen molar-refractivity contribution in [1.82, 2.24) is 9.88 Å². The first-order valence-electron chi connectivity index (χ1n) is 7.09. The third kappa shape index (κ3) is 2.76. The molecular weight excluding hydrogens is 242 g/mol. The molecule has 0 aromatic carbocycles. The lowest BCUT2D eigenvalue weighted by Gasteiger charge is -2.31. The second-order valence-electron chi connectivity index (χ2n) is 6.07. The van der Waals surface area contributed by atoms with Crippen molar-refractivity contribution in [3.8, 4) is 0 Å². The number of hydrogen-bond donors (Lipinski definition) is 1. The van der Waals surface area contributed by atoms with Crippen molar-refractivity contribution < 1.29 is 0 Å². The maximum atomic E-state index is 5.84. The summed E-state index contributed by atoms with van der Waals surface area (Å²) in [5.41, 5.74) is 7.18. The van der Waals surface area contributed by atoms with Crippen LogP contribution in [-0.4, -0.2) is 36.1 Å². The Bertz CT molecular complexity index is 397. The number of piperidine rings is 1. The third-order valence-corrected chi connectivity index (χ3v) is 5.24. The van der Waals surface area contributed by atoms with E-state index in [4.69, 9.17) is 10.7 Å². The summed E-state index contributed by atoms with van der Waals surface area (Å²) in [7, 11) is 2.22. The normalized spacial score (nSPS) is 33.3. The van der Waals surface area contributed by atoms with Crippen LogP contribution in [0.15, 0.2) is 5.38 Å². The first-order valence-corrected chi connectivity index (χ1v) is 7.97. The zero-order chi connectivity index (χ0) is 12.5. The van der Waals surface area contributed by atoms with Gasteiger partial charge in [-0.05, 0) is 45.2 Å². The van der Waals surface area contributed by atoms with Crippen molar-refractivity contribution in [2.24, 2.45) is 11.7 Å². The van der Waals surface area contributed by atoms with Crippen LogP contribution >= 0.6 is 11.3 Å². The van der Waals surface area contributed by atoms with E-state index in [1.165, 1.54) is 49.5 Å². The molecule has 1 aromatic rings. The maximum absolute atomic E-state index is 5.84. The molecule has 4 heteroatoms. The van der Waals surface area contributed by atoms with E-state index in [-0.39, 0.29) is 0 Å². The summed E-state index contributed by atoms with van der Waals surface area (Å²) in [5.74, 6) is 1.46. The minimum absolute atomic E-state index is 0.460. The number of likely N-dealkylation sites (tertiary alicyclic amines) is 1. The largest absolute Gasteiger partial charge is 0.328 e. The molecule has 0 radical (unpaired) electrons. The lowest BCUT2D eigenvalue weighted by Crippen LogP contribution is -2.37. The quantitative estimate of drug-likeness (QED) is 0.911. The highest BCUT2D eigenvalue weighted by Gasteiger charge is 2.27. The number of hydrogen-bond acceptors (Lipinski definition) is 4. The van der Waals surface area contributed by atoms with Crippen molar-refractivity contribution in [2.45, 2.75) is 44.1 Å². The molecule has 1 aromatic heterocycles. The van der Waals surface area contributed by atoms with Gasteiger partial charge in [0.2, 0.25) is 0 Å². The molecular formula is C14H23N3S. The molecule has 1 aliphatic carbocycles. The van der Waals surface area contributed by atoms with E-state index >= 15 is 0 Å². The fourth-order valence-corrected chi connectivity index (χ4v) is 4.21. The first kappa shape index (κ1) is 12.6. The zero-order valence-corrected chi connectivity index (χ0v) is 12.0. The maximum Gasteiger partial charge on any atom is 0.0931 e. The summed E-state index contributed by atoms with van der Waals surface area (Å²) in [4.78, 5) is 7.29. The summed E-state index contributed by atoms with van der Waals surface area (Å²) in [6.07, 6.45) is 6.16. The summed E-state index contributed by atoms with van der Waals surface area (Å²) >= 11 is 1.85. The topological polar surface area (TPSA) is 42.1 Å². The van der Waals surface area contributed by atoms with Gasteiger partial charge in [-0.15, -0.1) is 11.3 Å². The fourth-order valence-electron chi connectivity index (χ4n) is 3.22. The molecule has 18 heavy (non-hydrogen) atoms. The number of thiazole rings is 1. The molecule has 1 saturated heterocycles. The number of rotatable bonds is 3. The Labute approximate surface area is 113 Å². The summed E-state index contributed by atoms with van der Waals surface area (Å²) < 4.78 is 0. The molecule has 0 amide bonds. The summed E-state index contributed by atoms with van der Waals surface area (Å²) in [6, 6.07) is 0.460. The van der Waals surface area contributed by atoms with E-state index in [1.807, 2.05) is 11.3 Å². The van der Waals surface area contributed by atoms with Crippen molar-refractivity contribution >= 4 is 11.3 Å². The average Bonchev–Trinajstić information content (AvgIpc) is 2.76. The summed E-state index contributed by atoms with van der Waals surface area (Å²) in [6.45, 7) is 2.42. The lowest BCUT2D eigenvalue weighted by molar-refractivity contribution is 0.248. The SMILES string of the molecule is CN1CCCC(c2csc(CC3CC(N)C3)n2)C1. The van der Waals surface area contributed by atoms with Crippen molar-refractivity contribution in [2.75, 3.05) is 20.1 Å². The number of nitrogens with two attached hydrogens (primary N) is 1. The smallest absolute Gasteiger partial charge is 0.0931 e. The van der Waals surface area contributed by atoms with Crippen LogP contribution in [0.4, 0.5) is 0 Å². The Morgan fingerprint density at radius 3 is 3.06 bits per heavy atom. The van der Waals surface area contributed by atoms with Crippen molar-refractivity contribution in [1.29, 1.82) is 0 Å². The van der Waals surface area contributed by atoms with Crippen LogP contribution in [0.2, 0.25) is 0 Å². The number of likely N-dealkylation sites (N-methyl/N-ethyl adjacent to an activating group) is 1. The van der Waals surface area contributed by atoms with Gasteiger partial charge in [-0.25, -0.2) is 4.98 Å². The molecule has 3 rings (SSSR count). The van der Waals surface area contributed by atoms with Gasteiger partial charge in [0.1, 0.15) is 0 Å². The highest BCUT2D eigenvalue weighted by molar-refractivity contribution is 7.09. The predicted octanol–water partition coefficient (Wildman–Crippen LogP) is 2.23. The van der Waals surface area contributed by atoms with E-state index in [1.54, 1.807) is 0 Å². The molecule has 1 saturated carbocycles. The van der Waals surface area contributed by atoms with Gasteiger partial charge in [0.15, 0.2) is 0 Å². The Morgan fingerprint density at radius 1 is 1.50 bits per heavy atom. The zero-order valence-electron chi connectivity index (χ0n) is 11.1. The standard InChI is InChI=1S/C14H23N3S/c1-17-4-2-3-11(8-17)13-9-18-14(16-13)7-10-5-12(15)6-10/h9-12H,2-8,15H2,1H3. The van der Waals surface area contributed by atoms with Crippen LogP contribution in [0.25, 0.3) is 0 Å². The van der Waals surface area contributed by atoms with Gasteiger partial charge < -0.3 is 10.6 Å². The Balaban J connectivity index is 1.58. The van der Waals surface area contributed by atoms with Gasteiger partial charge >= 0.3 is 0 Å². The Morgan fingerprint density at radius 2 is 2.33 bits per heavy atom. The van der Waals surface area contributed by atoms with Crippen molar-refractivity contribution in [3.05, 3.63) is 16.1 Å². The molecule has 1 aliphatic heterocycles. The van der Waals surface area contributed by atoms with E-state index in [9.17, 15) is 0 Å². The van der Waals surface area contributed by atoms with Gasteiger partial charge in [-0.3, -0.25) is 0 Å². The monoisotopic (exact) mass is 265 g/mol. The molecule has 2 aliphatic rings. The Hall–Kier alpha value is -0.450. The molecule has 2 fully saturated rings. The van der Waals surface area contributed by atoms with E-state index < -0.39 is 0 Å². The number of nitrogens with zero attached hydrogens (tertiary/aromatic N) is 2. The van der Waals surface area contributed by atoms with Gasteiger partial charge in [0.25, 0.3) is 0 Å². The van der Waals surface area contributed by atoms with Crippen LogP contribution in [0, 0.1) is 5.92 Å². The highest BCUT2D eigenvalue weighted by atomic mass is 32.1. The Kier molecular flexibility index (Phi) is 3.68. The van der Waals surface area contributed by atoms with Crippen LogP contribution < -0.4 is 5.73 Å². The molecule has 100 valence electrons. The molecule has 0 spiro atoms. The van der Waals surface area contributed by atoms with E-state index in [0.29, 0.717) is 12.0 Å². The molecule has 1 atom stereocenters. The second kappa shape index (κ2) is 5.27.